The molecule has 1 heterocycles. The van der Waals surface area contributed by atoms with Gasteiger partial charge in [0, 0.05) is 17.7 Å². The number of carbonyl (C=O) groups is 1. The summed E-state index contributed by atoms with van der Waals surface area (Å²) in [6, 6.07) is 5.29. The molecule has 2 rings (SSSR count). The second-order valence-electron chi connectivity index (χ2n) is 6.69. The standard InChI is InChI=1S/C15H19N2O5/c1-14(2)9-12(15(3,4)17(14)21)13(18)22-11-7-5-10(6-8-11)16(19)20/h5-8,12H,9H2,1-4H3. The number of hydroxylamine groups is 2. The summed E-state index contributed by atoms with van der Waals surface area (Å²) in [5, 5.41) is 23.8. The van der Waals surface area contributed by atoms with Crippen molar-refractivity contribution in [3.8, 4) is 5.75 Å². The number of esters is 1. The maximum Gasteiger partial charge on any atom is 0.316 e. The number of hydrogen-bond acceptors (Lipinski definition) is 5. The quantitative estimate of drug-likeness (QED) is 0.370. The van der Waals surface area contributed by atoms with E-state index in [0.29, 0.717) is 6.42 Å². The number of carbonyl (C=O) groups excluding carboxylic acids is 1. The molecule has 0 aromatic heterocycles. The Morgan fingerprint density at radius 1 is 1.27 bits per heavy atom. The van der Waals surface area contributed by atoms with Gasteiger partial charge in [-0.1, -0.05) is 0 Å². The van der Waals surface area contributed by atoms with Crippen LogP contribution in [0, 0.1) is 16.0 Å². The normalized spacial score (nSPS) is 23.2. The second kappa shape index (κ2) is 5.33. The van der Waals surface area contributed by atoms with Gasteiger partial charge >= 0.3 is 5.97 Å². The van der Waals surface area contributed by atoms with Crippen LogP contribution in [0.15, 0.2) is 24.3 Å². The minimum absolute atomic E-state index is 0.0761. The van der Waals surface area contributed by atoms with Crippen molar-refractivity contribution >= 4 is 11.7 Å². The number of hydrogen-bond donors (Lipinski definition) is 0. The van der Waals surface area contributed by atoms with E-state index in [1.165, 1.54) is 24.3 Å². The average Bonchev–Trinajstić information content (AvgIpc) is 2.59. The number of benzene rings is 1. The molecule has 0 saturated carbocycles. The topological polar surface area (TPSA) is 92.6 Å². The van der Waals surface area contributed by atoms with Crippen LogP contribution in [0.25, 0.3) is 0 Å². The van der Waals surface area contributed by atoms with E-state index in [-0.39, 0.29) is 11.4 Å². The van der Waals surface area contributed by atoms with Crippen molar-refractivity contribution in [3.05, 3.63) is 34.4 Å². The van der Waals surface area contributed by atoms with Crippen LogP contribution in [0.3, 0.4) is 0 Å². The van der Waals surface area contributed by atoms with Crippen LogP contribution in [0.5, 0.6) is 5.75 Å². The molecule has 7 heteroatoms. The Morgan fingerprint density at radius 2 is 1.82 bits per heavy atom. The first-order chi connectivity index (χ1) is 10.1. The SMILES string of the molecule is CC1(C)CC(C(=O)Oc2ccc([N+](=O)[O-])cc2)C(C)(C)N1[O]. The van der Waals surface area contributed by atoms with Crippen LogP contribution < -0.4 is 4.74 Å². The minimum Gasteiger partial charge on any atom is -0.426 e. The monoisotopic (exact) mass is 307 g/mol. The summed E-state index contributed by atoms with van der Waals surface area (Å²) in [4.78, 5) is 22.4. The third-order valence-corrected chi connectivity index (χ3v) is 4.18. The van der Waals surface area contributed by atoms with Crippen molar-refractivity contribution in [2.24, 2.45) is 5.92 Å². The van der Waals surface area contributed by atoms with Gasteiger partial charge < -0.3 is 4.74 Å². The Labute approximate surface area is 128 Å². The van der Waals surface area contributed by atoms with Crippen molar-refractivity contribution < 1.29 is 19.7 Å². The van der Waals surface area contributed by atoms with E-state index < -0.39 is 27.9 Å². The van der Waals surface area contributed by atoms with E-state index in [9.17, 15) is 20.1 Å². The van der Waals surface area contributed by atoms with Crippen molar-refractivity contribution in [3.63, 3.8) is 0 Å². The second-order valence-corrected chi connectivity index (χ2v) is 6.69. The molecule has 1 saturated heterocycles. The minimum atomic E-state index is -0.860. The fourth-order valence-corrected chi connectivity index (χ4v) is 2.95. The van der Waals surface area contributed by atoms with Crippen LogP contribution in [-0.2, 0) is 10.0 Å². The van der Waals surface area contributed by atoms with Gasteiger partial charge in [0.2, 0.25) is 0 Å². The van der Waals surface area contributed by atoms with Crippen LogP contribution in [0.2, 0.25) is 0 Å². The van der Waals surface area contributed by atoms with E-state index in [4.69, 9.17) is 4.74 Å². The molecule has 1 fully saturated rings. The van der Waals surface area contributed by atoms with Gasteiger partial charge in [-0.15, -0.1) is 10.3 Å². The summed E-state index contributed by atoms with van der Waals surface area (Å²) in [5.74, 6) is -0.825. The van der Waals surface area contributed by atoms with Gasteiger partial charge in [0.05, 0.1) is 16.4 Å². The van der Waals surface area contributed by atoms with E-state index in [1.807, 2.05) is 0 Å². The van der Waals surface area contributed by atoms with Gasteiger partial charge in [-0.05, 0) is 46.2 Å². The molecule has 0 bridgehead atoms. The zero-order valence-corrected chi connectivity index (χ0v) is 13.0. The summed E-state index contributed by atoms with van der Waals surface area (Å²) in [7, 11) is 0. The van der Waals surface area contributed by atoms with E-state index >= 15 is 0 Å². The molecule has 0 spiro atoms. The van der Waals surface area contributed by atoms with Gasteiger partial charge in [-0.25, -0.2) is 0 Å². The number of nitro groups is 1. The van der Waals surface area contributed by atoms with E-state index in [0.717, 1.165) is 5.06 Å². The first kappa shape index (κ1) is 16.4. The van der Waals surface area contributed by atoms with Crippen LogP contribution in [-0.4, -0.2) is 27.0 Å². The Morgan fingerprint density at radius 3 is 2.23 bits per heavy atom. The molecule has 119 valence electrons. The van der Waals surface area contributed by atoms with Gasteiger partial charge in [-0.2, -0.15) is 0 Å². The van der Waals surface area contributed by atoms with Gasteiger partial charge in [0.25, 0.3) is 5.69 Å². The van der Waals surface area contributed by atoms with Gasteiger partial charge in [0.1, 0.15) is 5.75 Å². The van der Waals surface area contributed by atoms with Crippen molar-refractivity contribution in [1.82, 2.24) is 5.06 Å². The summed E-state index contributed by atoms with van der Waals surface area (Å²) in [5.41, 5.74) is -1.57. The average molecular weight is 307 g/mol. The maximum atomic E-state index is 12.4. The van der Waals surface area contributed by atoms with Gasteiger partial charge in [-0.3, -0.25) is 14.9 Å². The predicted octanol–water partition coefficient (Wildman–Crippen LogP) is 2.72. The Balaban J connectivity index is 2.14. The molecule has 1 unspecified atom stereocenters. The lowest BCUT2D eigenvalue weighted by Crippen LogP contribution is -2.47. The Kier molecular flexibility index (Phi) is 3.97. The molecule has 22 heavy (non-hydrogen) atoms. The maximum absolute atomic E-state index is 12.4. The Bertz CT molecular complexity index is 594. The molecule has 1 atom stereocenters. The molecule has 1 aliphatic heterocycles. The molecule has 0 aliphatic carbocycles. The van der Waals surface area contributed by atoms with Crippen LogP contribution >= 0.6 is 0 Å². The molecular weight excluding hydrogens is 288 g/mol. The highest BCUT2D eigenvalue weighted by Gasteiger charge is 2.55. The van der Waals surface area contributed by atoms with Crippen molar-refractivity contribution in [1.29, 1.82) is 0 Å². The largest absolute Gasteiger partial charge is 0.426 e. The predicted molar refractivity (Wildman–Crippen MR) is 77.5 cm³/mol. The van der Waals surface area contributed by atoms with E-state index in [1.54, 1.807) is 27.7 Å². The third kappa shape index (κ3) is 2.82. The van der Waals surface area contributed by atoms with E-state index in [2.05, 4.69) is 0 Å². The molecule has 0 amide bonds. The van der Waals surface area contributed by atoms with Gasteiger partial charge in [0.15, 0.2) is 0 Å². The number of ether oxygens (including phenoxy) is 1. The first-order valence-corrected chi connectivity index (χ1v) is 6.99. The smallest absolute Gasteiger partial charge is 0.316 e. The first-order valence-electron chi connectivity index (χ1n) is 6.99. The summed E-state index contributed by atoms with van der Waals surface area (Å²) < 4.78 is 5.28. The lowest BCUT2D eigenvalue weighted by molar-refractivity contribution is -0.384. The molecule has 1 aliphatic rings. The number of nitrogens with zero attached hydrogens (tertiary/aromatic N) is 2. The molecule has 1 aromatic carbocycles. The fraction of sp³-hybridized carbons (Fsp3) is 0.533. The third-order valence-electron chi connectivity index (χ3n) is 4.18. The molecule has 1 radical (unpaired) electrons. The Hall–Kier alpha value is -1.99. The molecule has 1 aromatic rings. The van der Waals surface area contributed by atoms with Crippen LogP contribution in [0.1, 0.15) is 34.1 Å². The lowest BCUT2D eigenvalue weighted by atomic mass is 9.87. The number of rotatable bonds is 3. The highest BCUT2D eigenvalue weighted by atomic mass is 16.6. The summed E-state index contributed by atoms with van der Waals surface area (Å²) >= 11 is 0. The highest BCUT2D eigenvalue weighted by Crippen LogP contribution is 2.44. The van der Waals surface area contributed by atoms with Crippen molar-refractivity contribution in [2.45, 2.75) is 45.2 Å². The lowest BCUT2D eigenvalue weighted by Gasteiger charge is -2.32. The summed E-state index contributed by atoms with van der Waals surface area (Å²) in [6.45, 7) is 7.02. The zero-order chi connectivity index (χ0) is 16.7. The fourth-order valence-electron chi connectivity index (χ4n) is 2.95. The number of nitro benzene ring substituents is 1. The molecule has 0 N–H and O–H groups in total. The summed E-state index contributed by atoms with van der Waals surface area (Å²) in [6.07, 6.45) is 0.398. The van der Waals surface area contributed by atoms with Crippen LogP contribution in [0.4, 0.5) is 5.69 Å². The van der Waals surface area contributed by atoms with Crippen molar-refractivity contribution in [2.75, 3.05) is 0 Å². The molecule has 7 nitrogen and oxygen atoms in total. The molecular formula is C15H19N2O5. The number of non-ortho nitro benzene ring substituents is 1. The highest BCUT2D eigenvalue weighted by molar-refractivity contribution is 5.77. The zero-order valence-electron chi connectivity index (χ0n) is 13.0.